The number of aliphatic hydroxyl groups is 1. The average Bonchev–Trinajstić information content (AvgIpc) is 2.38. The molecule has 0 aliphatic carbocycles. The molecule has 3 nitrogen and oxygen atoms in total. The summed E-state index contributed by atoms with van der Waals surface area (Å²) in [5, 5.41) is 12.6. The van der Waals surface area contributed by atoms with E-state index in [2.05, 4.69) is 4.98 Å². The maximum absolute atomic E-state index is 9.77. The zero-order valence-corrected chi connectivity index (χ0v) is 7.97. The number of nitrogens with two attached hydrogens (primary N) is 1. The minimum atomic E-state index is -0.702. The summed E-state index contributed by atoms with van der Waals surface area (Å²) in [5.74, 6) is 0. The first-order valence-corrected chi connectivity index (χ1v) is 4.83. The van der Waals surface area contributed by atoms with E-state index in [0.717, 1.165) is 5.01 Å². The molecule has 0 aliphatic heterocycles. The van der Waals surface area contributed by atoms with Gasteiger partial charge in [-0.05, 0) is 19.9 Å². The van der Waals surface area contributed by atoms with Gasteiger partial charge in [0, 0.05) is 18.0 Å². The largest absolute Gasteiger partial charge is 0.390 e. The van der Waals surface area contributed by atoms with Gasteiger partial charge in [0.1, 0.15) is 0 Å². The molecular formula is C8H14N2OS. The Kier molecular flexibility index (Phi) is 3.20. The third-order valence-electron chi connectivity index (χ3n) is 1.70. The zero-order valence-electron chi connectivity index (χ0n) is 7.16. The summed E-state index contributed by atoms with van der Waals surface area (Å²) in [5.41, 5.74) is 4.66. The van der Waals surface area contributed by atoms with Gasteiger partial charge in [-0.1, -0.05) is 0 Å². The monoisotopic (exact) mass is 186 g/mol. The van der Waals surface area contributed by atoms with E-state index in [9.17, 15) is 5.11 Å². The van der Waals surface area contributed by atoms with E-state index in [0.29, 0.717) is 19.4 Å². The van der Waals surface area contributed by atoms with Crippen molar-refractivity contribution in [3.63, 3.8) is 0 Å². The van der Waals surface area contributed by atoms with Crippen molar-refractivity contribution in [1.82, 2.24) is 4.98 Å². The fourth-order valence-electron chi connectivity index (χ4n) is 1.07. The highest BCUT2D eigenvalue weighted by Gasteiger charge is 2.20. The Balaban J connectivity index is 2.50. The van der Waals surface area contributed by atoms with Crippen molar-refractivity contribution in [3.05, 3.63) is 16.6 Å². The number of thiazole rings is 1. The maximum Gasteiger partial charge on any atom is 0.0953 e. The van der Waals surface area contributed by atoms with E-state index in [1.807, 2.05) is 5.38 Å². The van der Waals surface area contributed by atoms with Gasteiger partial charge in [0.25, 0.3) is 0 Å². The van der Waals surface area contributed by atoms with Gasteiger partial charge in [0.15, 0.2) is 0 Å². The lowest BCUT2D eigenvalue weighted by atomic mass is 9.99. The summed E-state index contributed by atoms with van der Waals surface area (Å²) < 4.78 is 0. The standard InChI is InChI=1S/C8H14N2OS/c1-8(11,2-3-9)6-7-10-4-5-12-7/h4-5,11H,2-3,6,9H2,1H3. The highest BCUT2D eigenvalue weighted by atomic mass is 32.1. The van der Waals surface area contributed by atoms with Crippen molar-refractivity contribution >= 4 is 11.3 Å². The Morgan fingerprint density at radius 2 is 2.50 bits per heavy atom. The molecule has 0 aromatic carbocycles. The predicted molar refractivity (Wildman–Crippen MR) is 50.1 cm³/mol. The van der Waals surface area contributed by atoms with Crippen molar-refractivity contribution in [2.24, 2.45) is 5.73 Å². The highest BCUT2D eigenvalue weighted by Crippen LogP contribution is 2.17. The molecule has 0 spiro atoms. The summed E-state index contributed by atoms with van der Waals surface area (Å²) in [6, 6.07) is 0. The van der Waals surface area contributed by atoms with Gasteiger partial charge in [0.2, 0.25) is 0 Å². The van der Waals surface area contributed by atoms with Gasteiger partial charge in [0.05, 0.1) is 10.6 Å². The van der Waals surface area contributed by atoms with E-state index < -0.39 is 5.60 Å². The van der Waals surface area contributed by atoms with Gasteiger partial charge in [-0.15, -0.1) is 11.3 Å². The van der Waals surface area contributed by atoms with E-state index in [1.54, 1.807) is 24.5 Å². The minimum absolute atomic E-state index is 0.512. The molecule has 1 unspecified atom stereocenters. The third kappa shape index (κ3) is 2.89. The number of rotatable bonds is 4. The second-order valence-corrected chi connectivity index (χ2v) is 4.12. The fourth-order valence-corrected chi connectivity index (χ4v) is 1.86. The van der Waals surface area contributed by atoms with Gasteiger partial charge in [-0.3, -0.25) is 0 Å². The Morgan fingerprint density at radius 1 is 1.75 bits per heavy atom. The molecule has 12 heavy (non-hydrogen) atoms. The number of hydrogen-bond donors (Lipinski definition) is 2. The van der Waals surface area contributed by atoms with Crippen molar-refractivity contribution in [3.8, 4) is 0 Å². The van der Waals surface area contributed by atoms with Crippen LogP contribution in [0.3, 0.4) is 0 Å². The molecule has 0 saturated heterocycles. The Morgan fingerprint density at radius 3 is 3.00 bits per heavy atom. The molecule has 3 N–H and O–H groups in total. The van der Waals surface area contributed by atoms with E-state index in [1.165, 1.54) is 0 Å². The third-order valence-corrected chi connectivity index (χ3v) is 2.48. The van der Waals surface area contributed by atoms with E-state index in [-0.39, 0.29) is 0 Å². The summed E-state index contributed by atoms with van der Waals surface area (Å²) in [7, 11) is 0. The summed E-state index contributed by atoms with van der Waals surface area (Å²) in [4.78, 5) is 4.10. The van der Waals surface area contributed by atoms with E-state index >= 15 is 0 Å². The van der Waals surface area contributed by atoms with Crippen LogP contribution in [0.15, 0.2) is 11.6 Å². The van der Waals surface area contributed by atoms with Gasteiger partial charge in [-0.2, -0.15) is 0 Å². The van der Waals surface area contributed by atoms with Crippen LogP contribution >= 0.6 is 11.3 Å². The first kappa shape index (κ1) is 9.64. The highest BCUT2D eigenvalue weighted by molar-refractivity contribution is 7.09. The molecule has 0 amide bonds. The molecule has 1 atom stereocenters. The first-order valence-electron chi connectivity index (χ1n) is 3.95. The van der Waals surface area contributed by atoms with Crippen molar-refractivity contribution in [1.29, 1.82) is 0 Å². The van der Waals surface area contributed by atoms with Crippen LogP contribution < -0.4 is 5.73 Å². The van der Waals surface area contributed by atoms with Crippen molar-refractivity contribution in [2.75, 3.05) is 6.54 Å². The summed E-state index contributed by atoms with van der Waals surface area (Å²) in [6.45, 7) is 2.31. The minimum Gasteiger partial charge on any atom is -0.390 e. The van der Waals surface area contributed by atoms with E-state index in [4.69, 9.17) is 5.73 Å². The number of aromatic nitrogens is 1. The summed E-state index contributed by atoms with van der Waals surface area (Å²) in [6.07, 6.45) is 2.97. The molecule has 0 radical (unpaired) electrons. The molecule has 68 valence electrons. The van der Waals surface area contributed by atoms with Crippen LogP contribution in [0.5, 0.6) is 0 Å². The smallest absolute Gasteiger partial charge is 0.0953 e. The molecule has 1 aromatic heterocycles. The zero-order chi connectivity index (χ0) is 9.03. The summed E-state index contributed by atoms with van der Waals surface area (Å²) >= 11 is 1.56. The van der Waals surface area contributed by atoms with Crippen molar-refractivity contribution in [2.45, 2.75) is 25.4 Å². The Hall–Kier alpha value is -0.450. The van der Waals surface area contributed by atoms with Crippen molar-refractivity contribution < 1.29 is 5.11 Å². The maximum atomic E-state index is 9.77. The average molecular weight is 186 g/mol. The molecule has 1 aromatic rings. The number of nitrogens with zero attached hydrogens (tertiary/aromatic N) is 1. The van der Waals surface area contributed by atoms with Crippen LogP contribution in [0.2, 0.25) is 0 Å². The lowest BCUT2D eigenvalue weighted by molar-refractivity contribution is 0.0538. The quantitative estimate of drug-likeness (QED) is 0.730. The lowest BCUT2D eigenvalue weighted by Gasteiger charge is -2.20. The molecule has 4 heteroatoms. The van der Waals surface area contributed by atoms with Crippen LogP contribution in [0.1, 0.15) is 18.4 Å². The molecule has 0 fully saturated rings. The normalized spacial score (nSPS) is 15.9. The molecule has 1 rings (SSSR count). The second kappa shape index (κ2) is 3.98. The second-order valence-electron chi connectivity index (χ2n) is 3.14. The molecule has 1 heterocycles. The van der Waals surface area contributed by atoms with Crippen LogP contribution in [0.25, 0.3) is 0 Å². The lowest BCUT2D eigenvalue weighted by Crippen LogP contribution is -2.30. The fraction of sp³-hybridized carbons (Fsp3) is 0.625. The number of hydrogen-bond acceptors (Lipinski definition) is 4. The van der Waals surface area contributed by atoms with Gasteiger partial charge in [-0.25, -0.2) is 4.98 Å². The molecule has 0 bridgehead atoms. The van der Waals surface area contributed by atoms with Crippen LogP contribution in [0.4, 0.5) is 0 Å². The van der Waals surface area contributed by atoms with Crippen LogP contribution in [-0.2, 0) is 6.42 Å². The topological polar surface area (TPSA) is 59.1 Å². The Labute approximate surface area is 76.3 Å². The van der Waals surface area contributed by atoms with Crippen LogP contribution in [-0.4, -0.2) is 22.2 Å². The van der Waals surface area contributed by atoms with Gasteiger partial charge < -0.3 is 10.8 Å². The SMILES string of the molecule is CC(O)(CCN)Cc1nccs1. The van der Waals surface area contributed by atoms with Gasteiger partial charge >= 0.3 is 0 Å². The Bertz CT molecular complexity index is 221. The first-order chi connectivity index (χ1) is 5.64. The molecule has 0 aliphatic rings. The van der Waals surface area contributed by atoms with Crippen LogP contribution in [0, 0.1) is 0 Å². The molecule has 0 saturated carbocycles. The predicted octanol–water partition coefficient (Wildman–Crippen LogP) is 0.785. The molecular weight excluding hydrogens is 172 g/mol.